The lowest BCUT2D eigenvalue weighted by molar-refractivity contribution is -0.384. The Balaban J connectivity index is 1.91. The number of hydrogen-bond donors (Lipinski definition) is 1. The Morgan fingerprint density at radius 1 is 1.34 bits per heavy atom. The van der Waals surface area contributed by atoms with Gasteiger partial charge in [-0.25, -0.2) is 9.50 Å². The van der Waals surface area contributed by atoms with Crippen LogP contribution < -0.4 is 10.3 Å². The van der Waals surface area contributed by atoms with Gasteiger partial charge in [0.15, 0.2) is 11.3 Å². The molecule has 0 radical (unpaired) electrons. The molecule has 0 saturated heterocycles. The summed E-state index contributed by atoms with van der Waals surface area (Å²) < 4.78 is 7.37. The lowest BCUT2D eigenvalue weighted by Gasteiger charge is -2.12. The number of aryl methyl sites for hydroxylation is 1. The summed E-state index contributed by atoms with van der Waals surface area (Å²) in [5.41, 5.74) is 1.02. The second-order valence-corrected chi connectivity index (χ2v) is 7.39. The van der Waals surface area contributed by atoms with E-state index in [1.807, 2.05) is 6.92 Å². The number of ether oxygens (including phenoxy) is 1. The van der Waals surface area contributed by atoms with Crippen LogP contribution in [0.2, 0.25) is 0 Å². The van der Waals surface area contributed by atoms with Crippen LogP contribution >= 0.6 is 0 Å². The molecule has 0 unspecified atom stereocenters. The van der Waals surface area contributed by atoms with E-state index in [1.54, 1.807) is 17.5 Å². The summed E-state index contributed by atoms with van der Waals surface area (Å²) in [6.45, 7) is 4.22. The van der Waals surface area contributed by atoms with Crippen molar-refractivity contribution in [2.75, 3.05) is 6.61 Å². The van der Waals surface area contributed by atoms with Crippen molar-refractivity contribution >= 4 is 11.2 Å². The number of fused-ring (bicyclic) bond motifs is 1. The van der Waals surface area contributed by atoms with Crippen molar-refractivity contribution in [3.8, 4) is 17.1 Å². The first-order chi connectivity index (χ1) is 14.0. The Kier molecular flexibility index (Phi) is 5.04. The van der Waals surface area contributed by atoms with E-state index in [4.69, 9.17) is 4.74 Å². The Labute approximate surface area is 166 Å². The third-order valence-corrected chi connectivity index (χ3v) is 5.31. The van der Waals surface area contributed by atoms with Crippen molar-refractivity contribution in [1.29, 1.82) is 0 Å². The fraction of sp³-hybridized carbons (Fsp3) is 0.450. The highest BCUT2D eigenvalue weighted by atomic mass is 16.6. The quantitative estimate of drug-likeness (QED) is 0.500. The smallest absolute Gasteiger partial charge is 0.277 e. The summed E-state index contributed by atoms with van der Waals surface area (Å²) in [6, 6.07) is 4.31. The molecule has 0 aliphatic heterocycles. The number of aromatic amines is 1. The molecule has 2 heterocycles. The second kappa shape index (κ2) is 7.65. The number of aromatic nitrogens is 4. The van der Waals surface area contributed by atoms with Crippen molar-refractivity contribution in [3.05, 3.63) is 50.2 Å². The van der Waals surface area contributed by atoms with Crippen molar-refractivity contribution < 1.29 is 9.66 Å². The van der Waals surface area contributed by atoms with E-state index in [9.17, 15) is 14.9 Å². The van der Waals surface area contributed by atoms with Crippen molar-refractivity contribution in [3.63, 3.8) is 0 Å². The molecule has 0 spiro atoms. The van der Waals surface area contributed by atoms with Crippen molar-refractivity contribution in [2.24, 2.45) is 0 Å². The van der Waals surface area contributed by atoms with E-state index in [-0.39, 0.29) is 23.0 Å². The number of rotatable bonds is 6. The predicted molar refractivity (Wildman–Crippen MR) is 107 cm³/mol. The van der Waals surface area contributed by atoms with Crippen LogP contribution in [0.25, 0.3) is 16.9 Å². The number of non-ortho nitro benzene ring substituents is 1. The molecule has 9 nitrogen and oxygen atoms in total. The van der Waals surface area contributed by atoms with Crippen LogP contribution in [0.1, 0.15) is 56.5 Å². The number of H-pyrrole nitrogens is 1. The lowest BCUT2D eigenvalue weighted by Crippen LogP contribution is -2.16. The maximum absolute atomic E-state index is 12.8. The van der Waals surface area contributed by atoms with Crippen molar-refractivity contribution in [1.82, 2.24) is 19.6 Å². The Hall–Kier alpha value is -3.23. The number of nitrogens with one attached hydrogen (secondary N) is 1. The van der Waals surface area contributed by atoms with Crippen molar-refractivity contribution in [2.45, 2.75) is 51.9 Å². The summed E-state index contributed by atoms with van der Waals surface area (Å²) in [6.07, 6.45) is 5.09. The fourth-order valence-corrected chi connectivity index (χ4v) is 3.92. The molecular weight excluding hydrogens is 374 g/mol. The van der Waals surface area contributed by atoms with Crippen LogP contribution in [-0.2, 0) is 0 Å². The third kappa shape index (κ3) is 3.48. The van der Waals surface area contributed by atoms with Gasteiger partial charge in [-0.15, -0.1) is 5.10 Å². The minimum atomic E-state index is -0.477. The number of imidazole rings is 1. The Morgan fingerprint density at radius 3 is 2.79 bits per heavy atom. The summed E-state index contributed by atoms with van der Waals surface area (Å²) in [5.74, 6) is 1.72. The van der Waals surface area contributed by atoms with Crippen LogP contribution in [0.5, 0.6) is 5.75 Å². The van der Waals surface area contributed by atoms with Gasteiger partial charge in [0.05, 0.1) is 22.8 Å². The standard InChI is InChI=1S/C20H23N5O4/c1-3-10-29-16-9-8-14(25(27)28)11-15(16)18-22-20(26)17-12(2)21-19(24(17)23-18)13-6-4-5-7-13/h8-9,11,13H,3-7,10H2,1-2H3,(H,22,23,26). The molecule has 3 aromatic rings. The molecule has 0 atom stereocenters. The number of nitro benzene ring substituents is 1. The second-order valence-electron chi connectivity index (χ2n) is 7.39. The third-order valence-electron chi connectivity index (χ3n) is 5.31. The summed E-state index contributed by atoms with van der Waals surface area (Å²) in [4.78, 5) is 31.0. The van der Waals surface area contributed by atoms with Crippen LogP contribution in [0.3, 0.4) is 0 Å². The normalized spacial score (nSPS) is 14.6. The lowest BCUT2D eigenvalue weighted by atomic mass is 10.1. The number of nitro groups is 1. The van der Waals surface area contributed by atoms with Gasteiger partial charge < -0.3 is 9.72 Å². The van der Waals surface area contributed by atoms with E-state index in [1.165, 1.54) is 12.1 Å². The zero-order chi connectivity index (χ0) is 20.5. The summed E-state index contributed by atoms with van der Waals surface area (Å²) in [5, 5.41) is 15.9. The highest BCUT2D eigenvalue weighted by molar-refractivity contribution is 5.68. The highest BCUT2D eigenvalue weighted by Crippen LogP contribution is 2.35. The van der Waals surface area contributed by atoms with Crippen LogP contribution in [0, 0.1) is 17.0 Å². The monoisotopic (exact) mass is 397 g/mol. The molecule has 1 fully saturated rings. The minimum absolute atomic E-state index is 0.0931. The molecule has 4 rings (SSSR count). The Bertz CT molecular complexity index is 1130. The molecule has 2 aromatic heterocycles. The predicted octanol–water partition coefficient (Wildman–Crippen LogP) is 3.75. The molecule has 1 aliphatic rings. The molecule has 152 valence electrons. The molecule has 0 bridgehead atoms. The molecule has 0 amide bonds. The first-order valence-corrected chi connectivity index (χ1v) is 9.90. The Morgan fingerprint density at radius 2 is 2.10 bits per heavy atom. The molecule has 1 aliphatic carbocycles. The topological polar surface area (TPSA) is 115 Å². The highest BCUT2D eigenvalue weighted by Gasteiger charge is 2.25. The van der Waals surface area contributed by atoms with Gasteiger partial charge in [-0.05, 0) is 32.3 Å². The van der Waals surface area contributed by atoms with E-state index < -0.39 is 4.92 Å². The molecule has 29 heavy (non-hydrogen) atoms. The maximum Gasteiger partial charge on any atom is 0.277 e. The molecular formula is C20H23N5O4. The SMILES string of the molecule is CCCOc1ccc([N+](=O)[O-])cc1-c1nn2c(C3CCCC3)nc(C)c2c(=O)[nH]1. The van der Waals surface area contributed by atoms with Gasteiger partial charge in [0, 0.05) is 18.1 Å². The van der Waals surface area contributed by atoms with E-state index in [0.29, 0.717) is 29.1 Å². The van der Waals surface area contributed by atoms with Gasteiger partial charge >= 0.3 is 0 Å². The van der Waals surface area contributed by atoms with E-state index >= 15 is 0 Å². The fourth-order valence-electron chi connectivity index (χ4n) is 3.92. The number of benzene rings is 1. The zero-order valence-corrected chi connectivity index (χ0v) is 16.5. The average Bonchev–Trinajstić information content (AvgIpc) is 3.34. The summed E-state index contributed by atoms with van der Waals surface area (Å²) in [7, 11) is 0. The summed E-state index contributed by atoms with van der Waals surface area (Å²) >= 11 is 0. The number of hydrogen-bond acceptors (Lipinski definition) is 6. The van der Waals surface area contributed by atoms with Gasteiger partial charge in [-0.3, -0.25) is 14.9 Å². The van der Waals surface area contributed by atoms with Gasteiger partial charge in [-0.2, -0.15) is 0 Å². The van der Waals surface area contributed by atoms with E-state index in [0.717, 1.165) is 37.9 Å². The average molecular weight is 397 g/mol. The minimum Gasteiger partial charge on any atom is -0.493 e. The van der Waals surface area contributed by atoms with Gasteiger partial charge in [0.2, 0.25) is 0 Å². The van der Waals surface area contributed by atoms with Gasteiger partial charge in [0.1, 0.15) is 11.6 Å². The first-order valence-electron chi connectivity index (χ1n) is 9.90. The molecule has 1 saturated carbocycles. The number of nitrogens with zero attached hydrogens (tertiary/aromatic N) is 4. The van der Waals surface area contributed by atoms with Gasteiger partial charge in [-0.1, -0.05) is 19.8 Å². The zero-order valence-electron chi connectivity index (χ0n) is 16.5. The van der Waals surface area contributed by atoms with Crippen LogP contribution in [0.15, 0.2) is 23.0 Å². The van der Waals surface area contributed by atoms with Crippen LogP contribution in [0.4, 0.5) is 5.69 Å². The molecule has 9 heteroatoms. The molecule has 1 aromatic carbocycles. The largest absolute Gasteiger partial charge is 0.493 e. The van der Waals surface area contributed by atoms with Crippen LogP contribution in [-0.4, -0.2) is 31.1 Å². The maximum atomic E-state index is 12.8. The first kappa shape index (κ1) is 19.1. The van der Waals surface area contributed by atoms with E-state index in [2.05, 4.69) is 15.1 Å². The van der Waals surface area contributed by atoms with Gasteiger partial charge in [0.25, 0.3) is 11.2 Å². The molecule has 1 N–H and O–H groups in total.